The van der Waals surface area contributed by atoms with Crippen molar-refractivity contribution < 1.29 is 9.72 Å². The summed E-state index contributed by atoms with van der Waals surface area (Å²) in [6.07, 6.45) is 0. The number of nitrogen functional groups attached to an aromatic ring is 1. The molecule has 2 aromatic carbocycles. The van der Waals surface area contributed by atoms with Gasteiger partial charge in [0.15, 0.2) is 0 Å². The molecule has 0 spiro atoms. The van der Waals surface area contributed by atoms with Gasteiger partial charge in [0.1, 0.15) is 0 Å². The van der Waals surface area contributed by atoms with E-state index in [0.717, 1.165) is 3.57 Å². The Balaban J connectivity index is 2.36. The fraction of sp³-hybridized carbons (Fsp3) is 0. The van der Waals surface area contributed by atoms with Gasteiger partial charge in [-0.05, 0) is 40.8 Å². The summed E-state index contributed by atoms with van der Waals surface area (Å²) >= 11 is 2.09. The van der Waals surface area contributed by atoms with Crippen LogP contribution in [0.1, 0.15) is 10.4 Å². The molecule has 0 aliphatic carbocycles. The standard InChI is InChI=1S/C13H11IN4O3/c14-10-3-1-2-4-12(10)16-13(19)9-7-8(18(20)21)5-6-11(9)17-15/h1-7,17H,15H2,(H,16,19). The molecule has 8 heteroatoms. The third kappa shape index (κ3) is 3.47. The van der Waals surface area contributed by atoms with Crippen LogP contribution in [0, 0.1) is 13.7 Å². The summed E-state index contributed by atoms with van der Waals surface area (Å²) in [7, 11) is 0. The third-order valence-electron chi connectivity index (χ3n) is 2.74. The summed E-state index contributed by atoms with van der Waals surface area (Å²) in [5.41, 5.74) is 3.21. The number of carbonyl (C=O) groups is 1. The van der Waals surface area contributed by atoms with Crippen LogP contribution >= 0.6 is 22.6 Å². The molecule has 2 rings (SSSR count). The molecule has 0 unspecified atom stereocenters. The molecule has 0 aliphatic rings. The Hall–Kier alpha value is -2.20. The van der Waals surface area contributed by atoms with Gasteiger partial charge in [0, 0.05) is 15.7 Å². The third-order valence-corrected chi connectivity index (χ3v) is 3.68. The number of nitrogens with two attached hydrogens (primary N) is 1. The van der Waals surface area contributed by atoms with Gasteiger partial charge in [-0.1, -0.05) is 12.1 Å². The second-order valence-electron chi connectivity index (χ2n) is 4.07. The van der Waals surface area contributed by atoms with Gasteiger partial charge in [0.25, 0.3) is 11.6 Å². The molecule has 0 radical (unpaired) electrons. The monoisotopic (exact) mass is 398 g/mol. The fourth-order valence-corrected chi connectivity index (χ4v) is 2.23. The zero-order valence-corrected chi connectivity index (χ0v) is 12.8. The van der Waals surface area contributed by atoms with Crippen LogP contribution in [-0.2, 0) is 0 Å². The molecule has 0 heterocycles. The van der Waals surface area contributed by atoms with Crippen LogP contribution in [0.2, 0.25) is 0 Å². The Morgan fingerprint density at radius 1 is 1.19 bits per heavy atom. The largest absolute Gasteiger partial charge is 0.323 e. The number of amides is 1. The maximum atomic E-state index is 12.3. The second-order valence-corrected chi connectivity index (χ2v) is 5.23. The lowest BCUT2D eigenvalue weighted by Gasteiger charge is -2.10. The predicted molar refractivity (Wildman–Crippen MR) is 88.0 cm³/mol. The van der Waals surface area contributed by atoms with Crippen LogP contribution in [-0.4, -0.2) is 10.8 Å². The number of rotatable bonds is 4. The smallest absolute Gasteiger partial charge is 0.270 e. The van der Waals surface area contributed by atoms with Crippen molar-refractivity contribution in [2.75, 3.05) is 10.7 Å². The minimum absolute atomic E-state index is 0.103. The van der Waals surface area contributed by atoms with Crippen LogP contribution in [0.5, 0.6) is 0 Å². The average molecular weight is 398 g/mol. The number of para-hydroxylation sites is 1. The highest BCUT2D eigenvalue weighted by Gasteiger charge is 2.17. The zero-order valence-electron chi connectivity index (χ0n) is 10.7. The summed E-state index contributed by atoms with van der Waals surface area (Å²) in [6.45, 7) is 0. The normalized spacial score (nSPS) is 10.0. The fourth-order valence-electron chi connectivity index (χ4n) is 1.71. The number of carbonyl (C=O) groups excluding carboxylic acids is 1. The van der Waals surface area contributed by atoms with Gasteiger partial charge in [-0.25, -0.2) is 0 Å². The Labute approximate surface area is 133 Å². The molecule has 1 amide bonds. The second kappa shape index (κ2) is 6.50. The minimum Gasteiger partial charge on any atom is -0.323 e. The van der Waals surface area contributed by atoms with Gasteiger partial charge in [-0.15, -0.1) is 0 Å². The van der Waals surface area contributed by atoms with Gasteiger partial charge in [-0.3, -0.25) is 20.8 Å². The van der Waals surface area contributed by atoms with E-state index in [9.17, 15) is 14.9 Å². The molecule has 0 saturated carbocycles. The van der Waals surface area contributed by atoms with E-state index in [0.29, 0.717) is 11.4 Å². The van der Waals surface area contributed by atoms with Crippen molar-refractivity contribution in [2.24, 2.45) is 5.84 Å². The maximum Gasteiger partial charge on any atom is 0.270 e. The molecule has 0 atom stereocenters. The maximum absolute atomic E-state index is 12.3. The summed E-state index contributed by atoms with van der Waals surface area (Å²) < 4.78 is 0.858. The van der Waals surface area contributed by atoms with Gasteiger partial charge in [-0.2, -0.15) is 0 Å². The number of anilines is 2. The van der Waals surface area contributed by atoms with E-state index in [4.69, 9.17) is 5.84 Å². The topological polar surface area (TPSA) is 110 Å². The lowest BCUT2D eigenvalue weighted by molar-refractivity contribution is -0.384. The van der Waals surface area contributed by atoms with E-state index < -0.39 is 10.8 Å². The molecule has 2 aromatic rings. The molecular weight excluding hydrogens is 387 g/mol. The lowest BCUT2D eigenvalue weighted by atomic mass is 10.1. The summed E-state index contributed by atoms with van der Waals surface area (Å²) in [5.74, 6) is 4.86. The Bertz CT molecular complexity index is 706. The number of hydrogen-bond acceptors (Lipinski definition) is 5. The number of nitrogens with zero attached hydrogens (tertiary/aromatic N) is 1. The van der Waals surface area contributed by atoms with Crippen LogP contribution in [0.15, 0.2) is 42.5 Å². The molecule has 0 bridgehead atoms. The summed E-state index contributed by atoms with van der Waals surface area (Å²) in [5, 5.41) is 13.5. The Morgan fingerprint density at radius 2 is 1.90 bits per heavy atom. The number of hydrazine groups is 1. The van der Waals surface area contributed by atoms with Crippen LogP contribution in [0.4, 0.5) is 17.1 Å². The molecule has 108 valence electrons. The van der Waals surface area contributed by atoms with Crippen molar-refractivity contribution in [1.82, 2.24) is 0 Å². The van der Waals surface area contributed by atoms with E-state index in [-0.39, 0.29) is 11.3 Å². The molecule has 0 saturated heterocycles. The highest BCUT2D eigenvalue weighted by atomic mass is 127. The average Bonchev–Trinajstić information content (AvgIpc) is 2.48. The number of hydrogen-bond donors (Lipinski definition) is 3. The molecule has 0 fully saturated rings. The number of non-ortho nitro benzene ring substituents is 1. The van der Waals surface area contributed by atoms with Crippen molar-refractivity contribution in [2.45, 2.75) is 0 Å². The molecule has 4 N–H and O–H groups in total. The van der Waals surface area contributed by atoms with E-state index in [1.807, 2.05) is 12.1 Å². The molecule has 0 aliphatic heterocycles. The number of nitro groups is 1. The van der Waals surface area contributed by atoms with Gasteiger partial charge in [0.2, 0.25) is 0 Å². The van der Waals surface area contributed by atoms with Gasteiger partial charge >= 0.3 is 0 Å². The van der Waals surface area contributed by atoms with Gasteiger partial charge < -0.3 is 10.7 Å². The first-order valence-electron chi connectivity index (χ1n) is 5.84. The predicted octanol–water partition coefficient (Wildman–Crippen LogP) is 2.74. The summed E-state index contributed by atoms with van der Waals surface area (Å²) in [4.78, 5) is 22.5. The van der Waals surface area contributed by atoms with E-state index in [2.05, 4.69) is 33.3 Å². The van der Waals surface area contributed by atoms with Crippen molar-refractivity contribution in [3.05, 3.63) is 61.7 Å². The van der Waals surface area contributed by atoms with Crippen molar-refractivity contribution in [1.29, 1.82) is 0 Å². The van der Waals surface area contributed by atoms with E-state index in [1.165, 1.54) is 18.2 Å². The molecule has 0 aromatic heterocycles. The van der Waals surface area contributed by atoms with Crippen molar-refractivity contribution in [3.63, 3.8) is 0 Å². The highest BCUT2D eigenvalue weighted by Crippen LogP contribution is 2.24. The molecular formula is C13H11IN4O3. The number of nitro benzene ring substituents is 1. The first-order valence-corrected chi connectivity index (χ1v) is 6.91. The van der Waals surface area contributed by atoms with Crippen molar-refractivity contribution >= 4 is 45.6 Å². The number of halogens is 1. The Morgan fingerprint density at radius 3 is 2.52 bits per heavy atom. The van der Waals surface area contributed by atoms with E-state index in [1.54, 1.807) is 12.1 Å². The molecule has 7 nitrogen and oxygen atoms in total. The first kappa shape index (κ1) is 15.2. The number of nitrogens with one attached hydrogen (secondary N) is 2. The van der Waals surface area contributed by atoms with E-state index >= 15 is 0 Å². The minimum atomic E-state index is -0.566. The van der Waals surface area contributed by atoms with Crippen LogP contribution in [0.3, 0.4) is 0 Å². The molecule has 21 heavy (non-hydrogen) atoms. The summed E-state index contributed by atoms with van der Waals surface area (Å²) in [6, 6.07) is 11.1. The zero-order chi connectivity index (χ0) is 15.4. The SMILES string of the molecule is NNc1ccc([N+](=O)[O-])cc1C(=O)Nc1ccccc1I. The Kier molecular flexibility index (Phi) is 4.70. The first-order chi connectivity index (χ1) is 10.0. The van der Waals surface area contributed by atoms with Gasteiger partial charge in [0.05, 0.1) is 21.9 Å². The van der Waals surface area contributed by atoms with Crippen molar-refractivity contribution in [3.8, 4) is 0 Å². The van der Waals surface area contributed by atoms with Crippen LogP contribution in [0.25, 0.3) is 0 Å². The number of benzene rings is 2. The quantitative estimate of drug-likeness (QED) is 0.318. The lowest BCUT2D eigenvalue weighted by Crippen LogP contribution is -2.18. The van der Waals surface area contributed by atoms with Crippen LogP contribution < -0.4 is 16.6 Å². The highest BCUT2D eigenvalue weighted by molar-refractivity contribution is 14.1.